The average molecular weight is 271 g/mol. The number of carbonyl (C=O) groups is 1. The molecule has 1 aromatic heterocycles. The normalized spacial score (nSPS) is 10.8. The van der Waals surface area contributed by atoms with E-state index in [-0.39, 0.29) is 5.91 Å². The van der Waals surface area contributed by atoms with Gasteiger partial charge in [-0.05, 0) is 30.7 Å². The first-order chi connectivity index (χ1) is 9.69. The van der Waals surface area contributed by atoms with Crippen molar-refractivity contribution < 1.29 is 4.79 Å². The van der Waals surface area contributed by atoms with Gasteiger partial charge in [0.25, 0.3) is 0 Å². The van der Waals surface area contributed by atoms with E-state index in [0.717, 1.165) is 17.9 Å². The van der Waals surface area contributed by atoms with E-state index in [0.29, 0.717) is 12.2 Å². The number of nitrogen functional groups attached to an aromatic ring is 1. The lowest BCUT2D eigenvalue weighted by molar-refractivity contribution is -0.116. The van der Waals surface area contributed by atoms with E-state index in [1.165, 1.54) is 6.08 Å². The molecule has 1 amide bonds. The summed E-state index contributed by atoms with van der Waals surface area (Å²) < 4.78 is 1.88. The maximum absolute atomic E-state index is 11.7. The van der Waals surface area contributed by atoms with E-state index in [9.17, 15) is 4.79 Å². The summed E-state index contributed by atoms with van der Waals surface area (Å²) in [5.74, 6) is 0.552. The van der Waals surface area contributed by atoms with E-state index >= 15 is 0 Å². The van der Waals surface area contributed by atoms with Gasteiger partial charge in [-0.25, -0.2) is 0 Å². The van der Waals surface area contributed by atoms with Gasteiger partial charge in [0.15, 0.2) is 5.82 Å². The molecule has 0 bridgehead atoms. The maximum atomic E-state index is 11.7. The molecule has 0 unspecified atom stereocenters. The van der Waals surface area contributed by atoms with Crippen LogP contribution in [0.15, 0.2) is 36.7 Å². The van der Waals surface area contributed by atoms with E-state index in [1.54, 1.807) is 24.5 Å². The SMILES string of the molecule is CCn1cnnc1CNC(=O)/C=C/c1cccc(N)c1. The topological polar surface area (TPSA) is 85.8 Å². The number of carbonyl (C=O) groups excluding carboxylic acids is 1. The molecule has 0 saturated heterocycles. The molecule has 1 aromatic carbocycles. The zero-order valence-corrected chi connectivity index (χ0v) is 11.3. The molecule has 6 nitrogen and oxygen atoms in total. The number of aryl methyl sites for hydroxylation is 1. The molecule has 0 aliphatic carbocycles. The second-order valence-corrected chi connectivity index (χ2v) is 4.25. The van der Waals surface area contributed by atoms with Crippen LogP contribution in [0.3, 0.4) is 0 Å². The maximum Gasteiger partial charge on any atom is 0.244 e. The molecule has 6 heteroatoms. The fraction of sp³-hybridized carbons (Fsp3) is 0.214. The van der Waals surface area contributed by atoms with E-state index < -0.39 is 0 Å². The van der Waals surface area contributed by atoms with Crippen LogP contribution in [0.5, 0.6) is 0 Å². The molecule has 104 valence electrons. The summed E-state index contributed by atoms with van der Waals surface area (Å²) in [5.41, 5.74) is 7.22. The van der Waals surface area contributed by atoms with Crippen molar-refractivity contribution in [3.8, 4) is 0 Å². The van der Waals surface area contributed by atoms with Crippen LogP contribution in [0.2, 0.25) is 0 Å². The number of hydrogen-bond acceptors (Lipinski definition) is 4. The van der Waals surface area contributed by atoms with Crippen LogP contribution in [-0.2, 0) is 17.9 Å². The Morgan fingerprint density at radius 3 is 3.10 bits per heavy atom. The second-order valence-electron chi connectivity index (χ2n) is 4.25. The molecule has 1 heterocycles. The van der Waals surface area contributed by atoms with Crippen molar-refractivity contribution in [2.24, 2.45) is 0 Å². The summed E-state index contributed by atoms with van der Waals surface area (Å²) in [6.45, 7) is 3.12. The number of hydrogen-bond donors (Lipinski definition) is 2. The molecule has 2 aromatic rings. The minimum atomic E-state index is -0.182. The lowest BCUT2D eigenvalue weighted by atomic mass is 10.2. The Bertz CT molecular complexity index is 618. The van der Waals surface area contributed by atoms with Crippen molar-refractivity contribution in [2.75, 3.05) is 5.73 Å². The van der Waals surface area contributed by atoms with Gasteiger partial charge >= 0.3 is 0 Å². The van der Waals surface area contributed by atoms with Crippen molar-refractivity contribution >= 4 is 17.7 Å². The van der Waals surface area contributed by atoms with Crippen molar-refractivity contribution in [1.29, 1.82) is 0 Å². The largest absolute Gasteiger partial charge is 0.399 e. The Kier molecular flexibility index (Phi) is 4.49. The minimum Gasteiger partial charge on any atom is -0.399 e. The molecule has 0 atom stereocenters. The highest BCUT2D eigenvalue weighted by Gasteiger charge is 2.03. The Balaban J connectivity index is 1.90. The summed E-state index contributed by atoms with van der Waals surface area (Å²) in [5, 5.41) is 10.5. The van der Waals surface area contributed by atoms with E-state index in [4.69, 9.17) is 5.73 Å². The van der Waals surface area contributed by atoms with Crippen molar-refractivity contribution in [3.05, 3.63) is 48.1 Å². The Morgan fingerprint density at radius 1 is 1.50 bits per heavy atom. The molecular formula is C14H17N5O. The van der Waals surface area contributed by atoms with Crippen LogP contribution in [0.25, 0.3) is 6.08 Å². The van der Waals surface area contributed by atoms with Crippen LogP contribution in [0.1, 0.15) is 18.3 Å². The standard InChI is InChI=1S/C14H17N5O/c1-2-19-10-17-18-13(19)9-16-14(20)7-6-11-4-3-5-12(15)8-11/h3-8,10H,2,9,15H2,1H3,(H,16,20)/b7-6+. The van der Waals surface area contributed by atoms with E-state index in [2.05, 4.69) is 15.5 Å². The summed E-state index contributed by atoms with van der Waals surface area (Å²) >= 11 is 0. The van der Waals surface area contributed by atoms with Gasteiger partial charge in [0.05, 0.1) is 6.54 Å². The number of aromatic nitrogens is 3. The number of nitrogens with two attached hydrogens (primary N) is 1. The third kappa shape index (κ3) is 3.68. The number of benzene rings is 1. The first-order valence-electron chi connectivity index (χ1n) is 6.37. The number of nitrogens with one attached hydrogen (secondary N) is 1. The molecule has 0 aliphatic heterocycles. The molecule has 0 spiro atoms. The Hall–Kier alpha value is -2.63. The molecular weight excluding hydrogens is 254 g/mol. The lowest BCUT2D eigenvalue weighted by Gasteiger charge is -2.03. The predicted molar refractivity (Wildman–Crippen MR) is 77.4 cm³/mol. The Morgan fingerprint density at radius 2 is 2.35 bits per heavy atom. The molecule has 0 radical (unpaired) electrons. The second kappa shape index (κ2) is 6.51. The highest BCUT2D eigenvalue weighted by molar-refractivity contribution is 5.91. The molecule has 20 heavy (non-hydrogen) atoms. The fourth-order valence-corrected chi connectivity index (χ4v) is 1.74. The van der Waals surface area contributed by atoms with Gasteiger partial charge in [-0.1, -0.05) is 12.1 Å². The van der Waals surface area contributed by atoms with Gasteiger partial charge in [-0.15, -0.1) is 10.2 Å². The lowest BCUT2D eigenvalue weighted by Crippen LogP contribution is -2.22. The summed E-state index contributed by atoms with van der Waals surface area (Å²) in [7, 11) is 0. The number of nitrogens with zero attached hydrogens (tertiary/aromatic N) is 3. The molecule has 2 rings (SSSR count). The summed E-state index contributed by atoms with van der Waals surface area (Å²) in [6.07, 6.45) is 4.84. The fourth-order valence-electron chi connectivity index (χ4n) is 1.74. The van der Waals surface area contributed by atoms with Gasteiger partial charge in [0, 0.05) is 18.3 Å². The van der Waals surface area contributed by atoms with Gasteiger partial charge in [0.2, 0.25) is 5.91 Å². The third-order valence-corrected chi connectivity index (χ3v) is 2.79. The third-order valence-electron chi connectivity index (χ3n) is 2.79. The van der Waals surface area contributed by atoms with Gasteiger partial charge in [-0.2, -0.15) is 0 Å². The molecule has 3 N–H and O–H groups in total. The zero-order chi connectivity index (χ0) is 14.4. The monoisotopic (exact) mass is 271 g/mol. The number of amides is 1. The number of rotatable bonds is 5. The number of anilines is 1. The molecule has 0 aliphatic rings. The van der Waals surface area contributed by atoms with Gasteiger partial charge in [-0.3, -0.25) is 4.79 Å². The van der Waals surface area contributed by atoms with Crippen LogP contribution in [0.4, 0.5) is 5.69 Å². The van der Waals surface area contributed by atoms with Crippen LogP contribution < -0.4 is 11.1 Å². The van der Waals surface area contributed by atoms with Crippen molar-refractivity contribution in [1.82, 2.24) is 20.1 Å². The summed E-state index contributed by atoms with van der Waals surface area (Å²) in [6, 6.07) is 7.33. The van der Waals surface area contributed by atoms with Crippen LogP contribution in [-0.4, -0.2) is 20.7 Å². The highest BCUT2D eigenvalue weighted by Crippen LogP contribution is 2.07. The van der Waals surface area contributed by atoms with Crippen molar-refractivity contribution in [2.45, 2.75) is 20.0 Å². The first-order valence-corrected chi connectivity index (χ1v) is 6.37. The zero-order valence-electron chi connectivity index (χ0n) is 11.3. The average Bonchev–Trinajstić information content (AvgIpc) is 2.90. The quantitative estimate of drug-likeness (QED) is 0.632. The highest BCUT2D eigenvalue weighted by atomic mass is 16.1. The van der Waals surface area contributed by atoms with Gasteiger partial charge in [0.1, 0.15) is 6.33 Å². The van der Waals surface area contributed by atoms with Crippen LogP contribution >= 0.6 is 0 Å². The van der Waals surface area contributed by atoms with Crippen LogP contribution in [0, 0.1) is 0 Å². The Labute approximate surface area is 117 Å². The van der Waals surface area contributed by atoms with E-state index in [1.807, 2.05) is 23.6 Å². The molecule has 0 saturated carbocycles. The smallest absolute Gasteiger partial charge is 0.244 e. The minimum absolute atomic E-state index is 0.182. The summed E-state index contributed by atoms with van der Waals surface area (Å²) in [4.78, 5) is 11.7. The predicted octanol–water partition coefficient (Wildman–Crippen LogP) is 1.21. The van der Waals surface area contributed by atoms with Crippen molar-refractivity contribution in [3.63, 3.8) is 0 Å². The first kappa shape index (κ1) is 13.8. The van der Waals surface area contributed by atoms with Gasteiger partial charge < -0.3 is 15.6 Å². The molecule has 0 fully saturated rings.